The molecule has 3 heterocycles. The summed E-state index contributed by atoms with van der Waals surface area (Å²) in [5.74, 6) is 1.92. The van der Waals surface area contributed by atoms with Crippen LogP contribution in [0.1, 0.15) is 39.5 Å². The molecule has 2 amide bonds. The first-order valence-corrected chi connectivity index (χ1v) is 10.5. The highest BCUT2D eigenvalue weighted by molar-refractivity contribution is 5.99. The number of nitrogens with zero attached hydrogens (tertiary/aromatic N) is 4. The van der Waals surface area contributed by atoms with Gasteiger partial charge in [-0.3, -0.25) is 14.5 Å². The van der Waals surface area contributed by atoms with Crippen molar-refractivity contribution in [1.29, 1.82) is 0 Å². The van der Waals surface area contributed by atoms with E-state index in [1.807, 2.05) is 18.7 Å². The Morgan fingerprint density at radius 2 is 1.56 bits per heavy atom. The Hall–Kier alpha value is -2.81. The molecule has 2 N–H and O–H groups in total. The van der Waals surface area contributed by atoms with Gasteiger partial charge in [0, 0.05) is 43.4 Å². The summed E-state index contributed by atoms with van der Waals surface area (Å²) < 4.78 is 10.7. The van der Waals surface area contributed by atoms with Gasteiger partial charge in [0.05, 0.1) is 19.7 Å². The van der Waals surface area contributed by atoms with Gasteiger partial charge >= 0.3 is 0 Å². The lowest BCUT2D eigenvalue weighted by molar-refractivity contribution is -0.155. The monoisotopic (exact) mass is 463 g/mol. The number of methoxy groups -OCH3 is 2. The van der Waals surface area contributed by atoms with E-state index >= 15 is 0 Å². The summed E-state index contributed by atoms with van der Waals surface area (Å²) in [5, 5.41) is 0.698. The van der Waals surface area contributed by atoms with Crippen molar-refractivity contribution in [1.82, 2.24) is 14.9 Å². The van der Waals surface area contributed by atoms with E-state index in [1.54, 1.807) is 26.4 Å². The lowest BCUT2D eigenvalue weighted by Gasteiger charge is -2.42. The molecule has 1 aromatic heterocycles. The average Bonchev–Trinajstić information content (AvgIpc) is 2.71. The van der Waals surface area contributed by atoms with Crippen molar-refractivity contribution in [2.75, 3.05) is 37.9 Å². The third-order valence-corrected chi connectivity index (χ3v) is 6.13. The van der Waals surface area contributed by atoms with Crippen molar-refractivity contribution >= 4 is 46.9 Å². The predicted molar refractivity (Wildman–Crippen MR) is 124 cm³/mol. The number of likely N-dealkylation sites (tertiary alicyclic amines) is 1. The number of carbonyl (C=O) groups is 2. The van der Waals surface area contributed by atoms with Gasteiger partial charge < -0.3 is 20.1 Å². The van der Waals surface area contributed by atoms with Crippen LogP contribution in [0, 0.1) is 5.41 Å². The van der Waals surface area contributed by atoms with E-state index in [2.05, 4.69) is 9.97 Å². The first-order valence-electron chi connectivity index (χ1n) is 10.5. The smallest absolute Gasteiger partial charge is 0.229 e. The van der Waals surface area contributed by atoms with Gasteiger partial charge in [-0.25, -0.2) is 4.98 Å². The molecule has 0 radical (unpaired) electrons. The van der Waals surface area contributed by atoms with Crippen LogP contribution in [0.15, 0.2) is 12.1 Å². The SMILES string of the molecule is COc1cc2nc(N3CCC(N4C(=O)CC(C)(C)CC4=O)CC3)nc(N)c2cc1OC.Cl. The molecule has 0 spiro atoms. The number of carbonyl (C=O) groups excluding carboxylic acids is 2. The number of benzene rings is 1. The van der Waals surface area contributed by atoms with Crippen molar-refractivity contribution in [3.63, 3.8) is 0 Å². The van der Waals surface area contributed by atoms with E-state index in [-0.39, 0.29) is 35.7 Å². The number of amides is 2. The van der Waals surface area contributed by atoms with Gasteiger partial charge in [-0.2, -0.15) is 4.98 Å². The Bertz CT molecular complexity index is 1020. The lowest BCUT2D eigenvalue weighted by Crippen LogP contribution is -2.54. The molecule has 4 rings (SSSR count). The van der Waals surface area contributed by atoms with Crippen molar-refractivity contribution in [2.24, 2.45) is 5.41 Å². The summed E-state index contributed by atoms with van der Waals surface area (Å²) in [4.78, 5) is 37.9. The first-order chi connectivity index (χ1) is 14.7. The van der Waals surface area contributed by atoms with E-state index in [9.17, 15) is 9.59 Å². The number of nitrogen functional groups attached to an aromatic ring is 1. The van der Waals surface area contributed by atoms with Crippen LogP contribution in [-0.4, -0.2) is 60.0 Å². The number of aromatic nitrogens is 2. The highest BCUT2D eigenvalue weighted by Crippen LogP contribution is 2.36. The minimum atomic E-state index is -0.258. The van der Waals surface area contributed by atoms with Crippen molar-refractivity contribution in [3.05, 3.63) is 12.1 Å². The van der Waals surface area contributed by atoms with E-state index in [1.165, 1.54) is 4.90 Å². The molecule has 9 nitrogen and oxygen atoms in total. The Kier molecular flexibility index (Phi) is 6.69. The summed E-state index contributed by atoms with van der Waals surface area (Å²) in [6.07, 6.45) is 2.19. The summed E-state index contributed by atoms with van der Waals surface area (Å²) in [6.45, 7) is 5.22. The highest BCUT2D eigenvalue weighted by atomic mass is 35.5. The second kappa shape index (κ2) is 8.97. The first kappa shape index (κ1) is 23.8. The zero-order valence-corrected chi connectivity index (χ0v) is 19.7. The van der Waals surface area contributed by atoms with Crippen LogP contribution < -0.4 is 20.1 Å². The molecule has 1 aromatic carbocycles. The number of rotatable bonds is 4. The molecule has 2 aliphatic heterocycles. The van der Waals surface area contributed by atoms with E-state index in [4.69, 9.17) is 15.2 Å². The molecule has 32 heavy (non-hydrogen) atoms. The number of halogens is 1. The quantitative estimate of drug-likeness (QED) is 0.689. The molecule has 2 fully saturated rings. The number of hydrogen-bond acceptors (Lipinski definition) is 8. The van der Waals surface area contributed by atoms with Crippen molar-refractivity contribution in [3.8, 4) is 11.5 Å². The molecule has 174 valence electrons. The molecule has 2 aromatic rings. The summed E-state index contributed by atoms with van der Waals surface area (Å²) in [6, 6.07) is 3.48. The number of piperidine rings is 2. The number of hydrogen-bond donors (Lipinski definition) is 1. The maximum atomic E-state index is 12.6. The number of imide groups is 1. The van der Waals surface area contributed by atoms with Crippen molar-refractivity contribution < 1.29 is 19.1 Å². The normalized spacial score (nSPS) is 19.1. The van der Waals surface area contributed by atoms with Crippen molar-refractivity contribution in [2.45, 2.75) is 45.6 Å². The Balaban J connectivity index is 0.00000289. The molecule has 10 heteroatoms. The van der Waals surface area contributed by atoms with Crippen LogP contribution in [0.5, 0.6) is 11.5 Å². The molecular formula is C22H30ClN5O4. The van der Waals surface area contributed by atoms with Gasteiger partial charge in [-0.15, -0.1) is 12.4 Å². The molecule has 2 saturated heterocycles. The largest absolute Gasteiger partial charge is 0.493 e. The molecular weight excluding hydrogens is 434 g/mol. The van der Waals surface area contributed by atoms with Crippen LogP contribution >= 0.6 is 12.4 Å². The molecule has 0 atom stereocenters. The Labute approximate surface area is 193 Å². The number of ether oxygens (including phenoxy) is 2. The second-order valence-electron chi connectivity index (χ2n) is 9.03. The van der Waals surface area contributed by atoms with Crippen LogP contribution in [0.2, 0.25) is 0 Å². The minimum Gasteiger partial charge on any atom is -0.493 e. The van der Waals surface area contributed by atoms with E-state index < -0.39 is 0 Å². The number of nitrogens with two attached hydrogens (primary N) is 1. The third-order valence-electron chi connectivity index (χ3n) is 6.13. The summed E-state index contributed by atoms with van der Waals surface area (Å²) in [7, 11) is 3.14. The topological polar surface area (TPSA) is 111 Å². The summed E-state index contributed by atoms with van der Waals surface area (Å²) in [5.41, 5.74) is 6.63. The lowest BCUT2D eigenvalue weighted by atomic mass is 9.81. The maximum absolute atomic E-state index is 12.6. The summed E-state index contributed by atoms with van der Waals surface area (Å²) >= 11 is 0. The fourth-order valence-corrected chi connectivity index (χ4v) is 4.53. The molecule has 0 unspecified atom stereocenters. The Morgan fingerprint density at radius 1 is 1.00 bits per heavy atom. The van der Waals surface area contributed by atoms with Crippen LogP contribution in [0.4, 0.5) is 11.8 Å². The third kappa shape index (κ3) is 4.39. The fourth-order valence-electron chi connectivity index (χ4n) is 4.53. The average molecular weight is 464 g/mol. The molecule has 0 aliphatic carbocycles. The predicted octanol–water partition coefficient (Wildman–Crippen LogP) is 2.80. The number of fused-ring (bicyclic) bond motifs is 1. The van der Waals surface area contributed by atoms with E-state index in [0.717, 1.165) is 0 Å². The molecule has 0 bridgehead atoms. The standard InChI is InChI=1S/C22H29N5O4.ClH/c1-22(2)11-18(28)27(19(29)12-22)13-5-7-26(8-6-13)21-24-15-10-17(31-4)16(30-3)9-14(15)20(23)25-21;/h9-10,13H,5-8,11-12H2,1-4H3,(H2,23,24,25);1H. The van der Waals surface area contributed by atoms with Gasteiger partial charge in [0.1, 0.15) is 5.82 Å². The minimum absolute atomic E-state index is 0. The maximum Gasteiger partial charge on any atom is 0.229 e. The fraction of sp³-hybridized carbons (Fsp3) is 0.545. The van der Waals surface area contributed by atoms with E-state index in [0.29, 0.717) is 72.9 Å². The van der Waals surface area contributed by atoms with Crippen LogP contribution in [0.25, 0.3) is 10.9 Å². The van der Waals surface area contributed by atoms with Gasteiger partial charge in [0.15, 0.2) is 11.5 Å². The number of anilines is 2. The van der Waals surface area contributed by atoms with Gasteiger partial charge in [-0.05, 0) is 24.3 Å². The van der Waals surface area contributed by atoms with Gasteiger partial charge in [-0.1, -0.05) is 13.8 Å². The zero-order chi connectivity index (χ0) is 22.3. The van der Waals surface area contributed by atoms with Crippen LogP contribution in [-0.2, 0) is 9.59 Å². The highest BCUT2D eigenvalue weighted by Gasteiger charge is 2.41. The van der Waals surface area contributed by atoms with Gasteiger partial charge in [0.25, 0.3) is 0 Å². The molecule has 0 saturated carbocycles. The molecule has 2 aliphatic rings. The van der Waals surface area contributed by atoms with Crippen LogP contribution in [0.3, 0.4) is 0 Å². The van der Waals surface area contributed by atoms with Gasteiger partial charge in [0.2, 0.25) is 17.8 Å². The Morgan fingerprint density at radius 3 is 2.12 bits per heavy atom. The zero-order valence-electron chi connectivity index (χ0n) is 18.9. The second-order valence-corrected chi connectivity index (χ2v) is 9.03.